The molecular formula is C11H16BrNO4S. The first-order valence-corrected chi connectivity index (χ1v) is 7.69. The molecule has 0 aromatic heterocycles. The van der Waals surface area contributed by atoms with Gasteiger partial charge in [-0.3, -0.25) is 0 Å². The summed E-state index contributed by atoms with van der Waals surface area (Å²) >= 11 is 3.21. The van der Waals surface area contributed by atoms with E-state index in [2.05, 4.69) is 20.7 Å². The Balaban J connectivity index is 3.00. The molecular weight excluding hydrogens is 322 g/mol. The van der Waals surface area contributed by atoms with Crippen LogP contribution in [0.5, 0.6) is 5.75 Å². The molecule has 0 heterocycles. The lowest BCUT2D eigenvalue weighted by atomic mass is 10.3. The third kappa shape index (κ3) is 3.94. The summed E-state index contributed by atoms with van der Waals surface area (Å²) in [6, 6.07) is 4.72. The van der Waals surface area contributed by atoms with E-state index in [1.54, 1.807) is 19.1 Å². The van der Waals surface area contributed by atoms with Gasteiger partial charge in [-0.05, 0) is 24.6 Å². The summed E-state index contributed by atoms with van der Waals surface area (Å²) in [6.07, 6.45) is -0.212. The van der Waals surface area contributed by atoms with Gasteiger partial charge in [0.2, 0.25) is 10.0 Å². The molecule has 0 aliphatic rings. The van der Waals surface area contributed by atoms with Crippen molar-refractivity contribution in [3.63, 3.8) is 0 Å². The minimum atomic E-state index is -3.70. The average molecular weight is 338 g/mol. The summed E-state index contributed by atoms with van der Waals surface area (Å²) in [6.45, 7) is 1.76. The van der Waals surface area contributed by atoms with E-state index in [0.29, 0.717) is 10.9 Å². The molecule has 1 aromatic carbocycles. The molecule has 0 aliphatic heterocycles. The molecule has 0 bridgehead atoms. The fourth-order valence-corrected chi connectivity index (χ4v) is 3.07. The first-order valence-electron chi connectivity index (χ1n) is 5.42. The molecule has 1 aromatic rings. The van der Waals surface area contributed by atoms with Gasteiger partial charge in [-0.2, -0.15) is 0 Å². The molecule has 1 rings (SSSR count). The van der Waals surface area contributed by atoms with Crippen molar-refractivity contribution in [3.05, 3.63) is 22.7 Å². The highest BCUT2D eigenvalue weighted by Gasteiger charge is 2.20. The van der Waals surface area contributed by atoms with Gasteiger partial charge in [0.05, 0.1) is 13.2 Å². The lowest BCUT2D eigenvalue weighted by Gasteiger charge is -2.13. The van der Waals surface area contributed by atoms with Crippen LogP contribution in [-0.4, -0.2) is 33.3 Å². The Morgan fingerprint density at radius 3 is 2.72 bits per heavy atom. The Bertz CT molecular complexity index is 504. The summed E-state index contributed by atoms with van der Waals surface area (Å²) in [5.41, 5.74) is 0. The molecule has 0 saturated carbocycles. The van der Waals surface area contributed by atoms with Crippen LogP contribution in [0.1, 0.15) is 13.3 Å². The summed E-state index contributed by atoms with van der Waals surface area (Å²) in [5.74, 6) is 0.261. The number of hydrogen-bond donors (Lipinski definition) is 2. The van der Waals surface area contributed by atoms with E-state index < -0.39 is 16.1 Å². The maximum absolute atomic E-state index is 12.1. The molecule has 0 saturated heterocycles. The standard InChI is InChI=1S/C11H16BrNO4S/c1-3-9(14)7-13-18(15,16)11-6-8(12)4-5-10(11)17-2/h4-6,9,13-14H,3,7H2,1-2H3. The molecule has 0 aliphatic carbocycles. The monoisotopic (exact) mass is 337 g/mol. The highest BCUT2D eigenvalue weighted by atomic mass is 79.9. The third-order valence-electron chi connectivity index (χ3n) is 2.40. The van der Waals surface area contributed by atoms with Crippen LogP contribution in [0.3, 0.4) is 0 Å². The van der Waals surface area contributed by atoms with Crippen LogP contribution < -0.4 is 9.46 Å². The van der Waals surface area contributed by atoms with Gasteiger partial charge in [-0.1, -0.05) is 22.9 Å². The lowest BCUT2D eigenvalue weighted by Crippen LogP contribution is -2.32. The van der Waals surface area contributed by atoms with Gasteiger partial charge in [-0.25, -0.2) is 13.1 Å². The molecule has 2 N–H and O–H groups in total. The molecule has 7 heteroatoms. The van der Waals surface area contributed by atoms with Crippen LogP contribution in [0.2, 0.25) is 0 Å². The van der Waals surface area contributed by atoms with E-state index in [1.165, 1.54) is 13.2 Å². The summed E-state index contributed by atoms with van der Waals surface area (Å²) in [7, 11) is -2.29. The number of aliphatic hydroxyl groups is 1. The molecule has 1 unspecified atom stereocenters. The van der Waals surface area contributed by atoms with Crippen molar-refractivity contribution < 1.29 is 18.3 Å². The van der Waals surface area contributed by atoms with Crippen molar-refractivity contribution in [2.24, 2.45) is 0 Å². The number of aliphatic hydroxyl groups excluding tert-OH is 1. The molecule has 0 fully saturated rings. The van der Waals surface area contributed by atoms with Gasteiger partial charge in [0.15, 0.2) is 0 Å². The van der Waals surface area contributed by atoms with Gasteiger partial charge in [0.25, 0.3) is 0 Å². The predicted molar refractivity (Wildman–Crippen MR) is 72.2 cm³/mol. The first kappa shape index (κ1) is 15.4. The highest BCUT2D eigenvalue weighted by Crippen LogP contribution is 2.26. The van der Waals surface area contributed by atoms with Crippen LogP contribution in [-0.2, 0) is 10.0 Å². The van der Waals surface area contributed by atoms with Crippen molar-refractivity contribution in [2.45, 2.75) is 24.3 Å². The Morgan fingerprint density at radius 1 is 1.50 bits per heavy atom. The van der Waals surface area contributed by atoms with Crippen molar-refractivity contribution >= 4 is 26.0 Å². The number of sulfonamides is 1. The second-order valence-electron chi connectivity index (χ2n) is 3.71. The van der Waals surface area contributed by atoms with E-state index in [0.717, 1.165) is 0 Å². The second-order valence-corrected chi connectivity index (χ2v) is 6.36. The Kier molecular flexibility index (Phi) is 5.58. The van der Waals surface area contributed by atoms with E-state index in [4.69, 9.17) is 4.74 Å². The smallest absolute Gasteiger partial charge is 0.244 e. The minimum absolute atomic E-state index is 0.0193. The zero-order valence-corrected chi connectivity index (χ0v) is 12.6. The lowest BCUT2D eigenvalue weighted by molar-refractivity contribution is 0.174. The summed E-state index contributed by atoms with van der Waals surface area (Å²) in [5, 5.41) is 9.38. The Hall–Kier alpha value is -0.630. The van der Waals surface area contributed by atoms with Crippen molar-refractivity contribution in [1.29, 1.82) is 0 Å². The van der Waals surface area contributed by atoms with E-state index in [9.17, 15) is 13.5 Å². The highest BCUT2D eigenvalue weighted by molar-refractivity contribution is 9.10. The Morgan fingerprint density at radius 2 is 2.17 bits per heavy atom. The number of nitrogens with one attached hydrogen (secondary N) is 1. The molecule has 0 amide bonds. The van der Waals surface area contributed by atoms with E-state index in [1.807, 2.05) is 0 Å². The third-order valence-corrected chi connectivity index (χ3v) is 4.33. The van der Waals surface area contributed by atoms with Gasteiger partial charge in [0.1, 0.15) is 10.6 Å². The van der Waals surface area contributed by atoms with Crippen LogP contribution >= 0.6 is 15.9 Å². The Labute approximate surface area is 115 Å². The average Bonchev–Trinajstić information content (AvgIpc) is 2.36. The van der Waals surface area contributed by atoms with E-state index >= 15 is 0 Å². The topological polar surface area (TPSA) is 75.6 Å². The van der Waals surface area contributed by atoms with Crippen LogP contribution in [0.4, 0.5) is 0 Å². The van der Waals surface area contributed by atoms with Crippen molar-refractivity contribution in [1.82, 2.24) is 4.72 Å². The fourth-order valence-electron chi connectivity index (χ4n) is 1.29. The van der Waals surface area contributed by atoms with E-state index in [-0.39, 0.29) is 17.2 Å². The number of rotatable bonds is 6. The zero-order chi connectivity index (χ0) is 13.8. The normalized spacial score (nSPS) is 13.3. The summed E-state index contributed by atoms with van der Waals surface area (Å²) < 4.78 is 32.1. The maximum Gasteiger partial charge on any atom is 0.244 e. The van der Waals surface area contributed by atoms with Gasteiger partial charge in [0, 0.05) is 11.0 Å². The molecule has 1 atom stereocenters. The quantitative estimate of drug-likeness (QED) is 0.824. The molecule has 5 nitrogen and oxygen atoms in total. The number of benzene rings is 1. The number of ether oxygens (including phenoxy) is 1. The first-order chi connectivity index (χ1) is 8.40. The van der Waals surface area contributed by atoms with Gasteiger partial charge in [-0.15, -0.1) is 0 Å². The largest absolute Gasteiger partial charge is 0.495 e. The number of halogens is 1. The molecule has 0 radical (unpaired) electrons. The zero-order valence-electron chi connectivity index (χ0n) is 10.2. The van der Waals surface area contributed by atoms with Crippen molar-refractivity contribution in [2.75, 3.05) is 13.7 Å². The van der Waals surface area contributed by atoms with Gasteiger partial charge < -0.3 is 9.84 Å². The molecule has 18 heavy (non-hydrogen) atoms. The molecule has 0 spiro atoms. The summed E-state index contributed by atoms with van der Waals surface area (Å²) in [4.78, 5) is 0.0441. The van der Waals surface area contributed by atoms with Gasteiger partial charge >= 0.3 is 0 Å². The van der Waals surface area contributed by atoms with Crippen LogP contribution in [0, 0.1) is 0 Å². The minimum Gasteiger partial charge on any atom is -0.495 e. The SMILES string of the molecule is CCC(O)CNS(=O)(=O)c1cc(Br)ccc1OC. The number of hydrogen-bond acceptors (Lipinski definition) is 4. The molecule has 102 valence electrons. The van der Waals surface area contributed by atoms with Crippen LogP contribution in [0.15, 0.2) is 27.6 Å². The second kappa shape index (κ2) is 6.51. The number of methoxy groups -OCH3 is 1. The van der Waals surface area contributed by atoms with Crippen LogP contribution in [0.25, 0.3) is 0 Å². The predicted octanol–water partition coefficient (Wildman–Crippen LogP) is 1.51. The maximum atomic E-state index is 12.1. The fraction of sp³-hybridized carbons (Fsp3) is 0.455. The van der Waals surface area contributed by atoms with Crippen molar-refractivity contribution in [3.8, 4) is 5.75 Å².